The van der Waals surface area contributed by atoms with Crippen LogP contribution in [-0.4, -0.2) is 39.2 Å². The van der Waals surface area contributed by atoms with E-state index >= 15 is 0 Å². The molecule has 1 aromatic heterocycles. The molecule has 0 spiro atoms. The molecule has 0 radical (unpaired) electrons. The molecule has 1 heterocycles. The van der Waals surface area contributed by atoms with Gasteiger partial charge in [-0.15, -0.1) is 0 Å². The van der Waals surface area contributed by atoms with Crippen molar-refractivity contribution in [3.8, 4) is 11.4 Å². The van der Waals surface area contributed by atoms with E-state index in [9.17, 15) is 4.79 Å². The Morgan fingerprint density at radius 3 is 2.59 bits per heavy atom. The van der Waals surface area contributed by atoms with E-state index in [0.717, 1.165) is 29.0 Å². The van der Waals surface area contributed by atoms with E-state index in [4.69, 9.17) is 4.74 Å². The van der Waals surface area contributed by atoms with Crippen molar-refractivity contribution in [3.05, 3.63) is 72.3 Å². The number of hydrogen-bond donors (Lipinski definition) is 0. The molecule has 0 bridgehead atoms. The highest BCUT2D eigenvalue weighted by Gasteiger charge is 2.18. The van der Waals surface area contributed by atoms with Crippen LogP contribution in [0.15, 0.2) is 61.2 Å². The van der Waals surface area contributed by atoms with Gasteiger partial charge in [-0.25, -0.2) is 9.67 Å². The average molecular weight is 364 g/mol. The van der Waals surface area contributed by atoms with Crippen molar-refractivity contribution < 1.29 is 9.53 Å². The maximum Gasteiger partial charge on any atom is 0.260 e. The van der Waals surface area contributed by atoms with E-state index in [2.05, 4.69) is 17.0 Å². The number of aryl methyl sites for hydroxylation is 1. The monoisotopic (exact) mass is 364 g/mol. The lowest BCUT2D eigenvalue weighted by Crippen LogP contribution is -2.33. The van der Waals surface area contributed by atoms with Crippen molar-refractivity contribution in [3.63, 3.8) is 0 Å². The lowest BCUT2D eigenvalue weighted by molar-refractivity contribution is -0.134. The molecule has 1 amide bonds. The molecule has 0 saturated carbocycles. The summed E-state index contributed by atoms with van der Waals surface area (Å²) in [4.78, 5) is 18.2. The zero-order valence-corrected chi connectivity index (χ0v) is 15.9. The fraction of sp³-hybridized carbons (Fsp3) is 0.286. The van der Waals surface area contributed by atoms with E-state index in [1.165, 1.54) is 6.33 Å². The smallest absolute Gasteiger partial charge is 0.260 e. The number of para-hydroxylation sites is 1. The maximum absolute atomic E-state index is 12.6. The third-order valence-corrected chi connectivity index (χ3v) is 4.74. The molecule has 2 aromatic carbocycles. The van der Waals surface area contributed by atoms with Crippen molar-refractivity contribution >= 4 is 5.91 Å². The van der Waals surface area contributed by atoms with Crippen LogP contribution < -0.4 is 4.74 Å². The molecule has 0 saturated heterocycles. The zero-order valence-electron chi connectivity index (χ0n) is 15.9. The van der Waals surface area contributed by atoms with Crippen LogP contribution >= 0.6 is 0 Å². The topological polar surface area (TPSA) is 60.2 Å². The molecule has 0 aliphatic rings. The molecular formula is C21H24N4O2. The van der Waals surface area contributed by atoms with Crippen molar-refractivity contribution in [1.82, 2.24) is 19.7 Å². The standard InChI is InChI=1S/C21H24N4O2/c1-4-17-7-5-6-8-20(17)27-13-21(26)24(3)16(2)18-9-11-19(12-10-18)25-15-22-14-23-25/h5-12,14-16H,4,13H2,1-3H3. The number of amides is 1. The fourth-order valence-electron chi connectivity index (χ4n) is 2.86. The highest BCUT2D eigenvalue weighted by molar-refractivity contribution is 5.78. The molecule has 6 nitrogen and oxygen atoms in total. The van der Waals surface area contributed by atoms with Crippen LogP contribution in [-0.2, 0) is 11.2 Å². The normalized spacial score (nSPS) is 11.8. The van der Waals surface area contributed by atoms with Gasteiger partial charge in [0.2, 0.25) is 0 Å². The van der Waals surface area contributed by atoms with Crippen molar-refractivity contribution in [1.29, 1.82) is 0 Å². The first-order valence-corrected chi connectivity index (χ1v) is 9.01. The van der Waals surface area contributed by atoms with Crippen LogP contribution in [0, 0.1) is 0 Å². The minimum atomic E-state index is -0.0627. The number of carbonyl (C=O) groups excluding carboxylic acids is 1. The number of ether oxygens (including phenoxy) is 1. The summed E-state index contributed by atoms with van der Waals surface area (Å²) in [7, 11) is 1.80. The van der Waals surface area contributed by atoms with E-state index < -0.39 is 0 Å². The predicted octanol–water partition coefficient (Wildman–Crippen LogP) is 3.43. The number of likely N-dealkylation sites (N-methyl/N-ethyl adjacent to an activating group) is 1. The van der Waals surface area contributed by atoms with Crippen LogP contribution in [0.1, 0.15) is 31.0 Å². The summed E-state index contributed by atoms with van der Waals surface area (Å²) in [5, 5.41) is 4.12. The Bertz CT molecular complexity index is 875. The number of carbonyl (C=O) groups is 1. The SMILES string of the molecule is CCc1ccccc1OCC(=O)N(C)C(C)c1ccc(-n2cncn2)cc1. The van der Waals surface area contributed by atoms with Gasteiger partial charge in [-0.2, -0.15) is 5.10 Å². The molecule has 140 valence electrons. The van der Waals surface area contributed by atoms with Crippen LogP contribution in [0.2, 0.25) is 0 Å². The Morgan fingerprint density at radius 1 is 1.19 bits per heavy atom. The van der Waals surface area contributed by atoms with Gasteiger partial charge in [0.15, 0.2) is 6.61 Å². The first-order valence-electron chi connectivity index (χ1n) is 9.01. The van der Waals surface area contributed by atoms with Crippen LogP contribution in [0.5, 0.6) is 5.75 Å². The Labute approximate surface area is 159 Å². The molecule has 1 unspecified atom stereocenters. The highest BCUT2D eigenvalue weighted by atomic mass is 16.5. The highest BCUT2D eigenvalue weighted by Crippen LogP contribution is 2.22. The van der Waals surface area contributed by atoms with Crippen molar-refractivity contribution in [2.75, 3.05) is 13.7 Å². The molecule has 0 aliphatic carbocycles. The van der Waals surface area contributed by atoms with Gasteiger partial charge in [-0.3, -0.25) is 4.79 Å². The molecule has 0 fully saturated rings. The van der Waals surface area contributed by atoms with Gasteiger partial charge >= 0.3 is 0 Å². The molecule has 3 rings (SSSR count). The van der Waals surface area contributed by atoms with Crippen LogP contribution in [0.3, 0.4) is 0 Å². The zero-order chi connectivity index (χ0) is 19.2. The van der Waals surface area contributed by atoms with Gasteiger partial charge in [0.1, 0.15) is 18.4 Å². The first-order chi connectivity index (χ1) is 13.1. The summed E-state index contributed by atoms with van der Waals surface area (Å²) >= 11 is 0. The fourth-order valence-corrected chi connectivity index (χ4v) is 2.86. The van der Waals surface area contributed by atoms with E-state index in [-0.39, 0.29) is 18.6 Å². The van der Waals surface area contributed by atoms with Crippen LogP contribution in [0.4, 0.5) is 0 Å². The van der Waals surface area contributed by atoms with E-state index in [0.29, 0.717) is 0 Å². The van der Waals surface area contributed by atoms with Crippen molar-refractivity contribution in [2.45, 2.75) is 26.3 Å². The number of hydrogen-bond acceptors (Lipinski definition) is 4. The Hall–Kier alpha value is -3.15. The summed E-state index contributed by atoms with van der Waals surface area (Å²) in [6, 6.07) is 15.7. The Balaban J connectivity index is 1.62. The van der Waals surface area contributed by atoms with Crippen molar-refractivity contribution in [2.24, 2.45) is 0 Å². The third-order valence-electron chi connectivity index (χ3n) is 4.74. The molecule has 6 heteroatoms. The summed E-state index contributed by atoms with van der Waals surface area (Å²) in [6.07, 6.45) is 4.02. The summed E-state index contributed by atoms with van der Waals surface area (Å²) in [6.45, 7) is 4.10. The summed E-state index contributed by atoms with van der Waals surface area (Å²) < 4.78 is 7.45. The maximum atomic E-state index is 12.6. The minimum Gasteiger partial charge on any atom is -0.483 e. The largest absolute Gasteiger partial charge is 0.483 e. The average Bonchev–Trinajstić information content (AvgIpc) is 3.26. The summed E-state index contributed by atoms with van der Waals surface area (Å²) in [5.74, 6) is 0.709. The lowest BCUT2D eigenvalue weighted by atomic mass is 10.1. The van der Waals surface area contributed by atoms with Gasteiger partial charge in [-0.05, 0) is 42.7 Å². The lowest BCUT2D eigenvalue weighted by Gasteiger charge is -2.25. The van der Waals surface area contributed by atoms with Gasteiger partial charge in [0.05, 0.1) is 11.7 Å². The molecule has 1 atom stereocenters. The molecule has 3 aromatic rings. The number of benzene rings is 2. The van der Waals surface area contributed by atoms with Gasteiger partial charge in [-0.1, -0.05) is 37.3 Å². The minimum absolute atomic E-state index is 0.0227. The molecule has 27 heavy (non-hydrogen) atoms. The quantitative estimate of drug-likeness (QED) is 0.644. The second-order valence-electron chi connectivity index (χ2n) is 6.36. The number of nitrogens with zero attached hydrogens (tertiary/aromatic N) is 4. The first kappa shape index (κ1) is 18.6. The molecule has 0 aliphatic heterocycles. The Kier molecular flexibility index (Phi) is 5.86. The Morgan fingerprint density at radius 2 is 1.93 bits per heavy atom. The third kappa shape index (κ3) is 4.34. The molecule has 0 N–H and O–H groups in total. The van der Waals surface area contributed by atoms with Crippen LogP contribution in [0.25, 0.3) is 5.69 Å². The number of rotatable bonds is 7. The summed E-state index contributed by atoms with van der Waals surface area (Å²) in [5.41, 5.74) is 3.07. The molecular weight excluding hydrogens is 340 g/mol. The van der Waals surface area contributed by atoms with E-state index in [1.807, 2.05) is 55.5 Å². The van der Waals surface area contributed by atoms with E-state index in [1.54, 1.807) is 23.0 Å². The number of aromatic nitrogens is 3. The predicted molar refractivity (Wildman–Crippen MR) is 104 cm³/mol. The van der Waals surface area contributed by atoms with Gasteiger partial charge in [0, 0.05) is 7.05 Å². The van der Waals surface area contributed by atoms with Gasteiger partial charge < -0.3 is 9.64 Å². The second-order valence-corrected chi connectivity index (χ2v) is 6.36. The van der Waals surface area contributed by atoms with Gasteiger partial charge in [0.25, 0.3) is 5.91 Å². The second kappa shape index (κ2) is 8.49.